The highest BCUT2D eigenvalue weighted by atomic mass is 35.5. The van der Waals surface area contributed by atoms with E-state index in [1.807, 2.05) is 36.4 Å². The fourth-order valence-corrected chi connectivity index (χ4v) is 6.69. The Morgan fingerprint density at radius 1 is 0.809 bits per heavy atom. The molecule has 0 bridgehead atoms. The Morgan fingerprint density at radius 2 is 1.34 bits per heavy atom. The van der Waals surface area contributed by atoms with Crippen LogP contribution in [-0.2, 0) is 17.8 Å². The standard InChI is InChI=1S/C36H36Cl2N6O3/c1-21-14-15-22(2)44(21)20-31-36(47-4)43-30(19-40-31)27-12-7-10-25(34(27)38)24-9-6-11-26(33(24)37)29-18-39-28(35(42-29)46-3)13-5-8-23-16-17-32(45)41-23/h6-7,9-12,14-15,18-19,23H,5,8,13,16-17,20H2,1-4H3,(H,41,45)/t23-/m1/s1. The number of nitrogens with one attached hydrogen (secondary N) is 1. The first-order valence-corrected chi connectivity index (χ1v) is 16.3. The van der Waals surface area contributed by atoms with Crippen molar-refractivity contribution in [2.75, 3.05) is 14.2 Å². The predicted octanol–water partition coefficient (Wildman–Crippen LogP) is 7.66. The lowest BCUT2D eigenvalue weighted by Gasteiger charge is -2.15. The quantitative estimate of drug-likeness (QED) is 0.154. The normalized spacial score (nSPS) is 14.3. The van der Waals surface area contributed by atoms with Gasteiger partial charge in [0.15, 0.2) is 0 Å². The maximum Gasteiger partial charge on any atom is 0.237 e. The van der Waals surface area contributed by atoms with E-state index in [2.05, 4.69) is 40.8 Å². The largest absolute Gasteiger partial charge is 0.480 e. The van der Waals surface area contributed by atoms with Crippen molar-refractivity contribution in [1.29, 1.82) is 0 Å². The molecule has 47 heavy (non-hydrogen) atoms. The van der Waals surface area contributed by atoms with Crippen molar-refractivity contribution in [3.8, 4) is 45.4 Å². The van der Waals surface area contributed by atoms with Crippen LogP contribution >= 0.6 is 23.2 Å². The van der Waals surface area contributed by atoms with E-state index in [-0.39, 0.29) is 11.9 Å². The number of hydrogen-bond acceptors (Lipinski definition) is 7. The first kappa shape index (κ1) is 32.5. The molecule has 3 aromatic heterocycles. The van der Waals surface area contributed by atoms with Gasteiger partial charge in [-0.2, -0.15) is 0 Å². The number of aryl methyl sites for hydroxylation is 3. The minimum atomic E-state index is 0.126. The monoisotopic (exact) mass is 670 g/mol. The molecule has 1 N–H and O–H groups in total. The van der Waals surface area contributed by atoms with Crippen LogP contribution in [0.2, 0.25) is 10.0 Å². The molecule has 1 fully saturated rings. The number of methoxy groups -OCH3 is 2. The van der Waals surface area contributed by atoms with E-state index >= 15 is 0 Å². The molecule has 1 saturated heterocycles. The highest BCUT2D eigenvalue weighted by molar-refractivity contribution is 6.39. The smallest absolute Gasteiger partial charge is 0.237 e. The third-order valence-corrected chi connectivity index (χ3v) is 9.44. The summed E-state index contributed by atoms with van der Waals surface area (Å²) in [6.07, 6.45) is 7.38. The maximum atomic E-state index is 11.5. The van der Waals surface area contributed by atoms with Crippen molar-refractivity contribution in [2.45, 2.75) is 58.5 Å². The zero-order valence-electron chi connectivity index (χ0n) is 26.8. The van der Waals surface area contributed by atoms with Gasteiger partial charge in [0.2, 0.25) is 17.7 Å². The first-order valence-electron chi connectivity index (χ1n) is 15.6. The van der Waals surface area contributed by atoms with E-state index in [4.69, 9.17) is 47.6 Å². The van der Waals surface area contributed by atoms with Crippen LogP contribution in [0.25, 0.3) is 33.6 Å². The zero-order chi connectivity index (χ0) is 33.1. The van der Waals surface area contributed by atoms with E-state index in [1.165, 1.54) is 0 Å². The third-order valence-electron chi connectivity index (χ3n) is 8.63. The van der Waals surface area contributed by atoms with Crippen LogP contribution in [0.4, 0.5) is 0 Å². The zero-order valence-corrected chi connectivity index (χ0v) is 28.3. The van der Waals surface area contributed by atoms with Crippen molar-refractivity contribution in [1.82, 2.24) is 29.8 Å². The molecular weight excluding hydrogens is 635 g/mol. The molecule has 0 spiro atoms. The van der Waals surface area contributed by atoms with Crippen LogP contribution < -0.4 is 14.8 Å². The second kappa shape index (κ2) is 14.1. The number of benzene rings is 2. The van der Waals surface area contributed by atoms with Gasteiger partial charge in [0.25, 0.3) is 0 Å². The van der Waals surface area contributed by atoms with Gasteiger partial charge in [0.1, 0.15) is 11.4 Å². The second-order valence-corrected chi connectivity index (χ2v) is 12.4. The van der Waals surface area contributed by atoms with E-state index in [9.17, 15) is 4.79 Å². The Bertz CT molecular complexity index is 1920. The van der Waals surface area contributed by atoms with E-state index < -0.39 is 0 Å². The molecule has 1 atom stereocenters. The van der Waals surface area contributed by atoms with Gasteiger partial charge in [-0.05, 0) is 51.7 Å². The maximum absolute atomic E-state index is 11.5. The molecule has 0 saturated carbocycles. The van der Waals surface area contributed by atoms with Gasteiger partial charge in [-0.15, -0.1) is 0 Å². The van der Waals surface area contributed by atoms with E-state index in [0.717, 1.165) is 53.2 Å². The molecule has 242 valence electrons. The Labute approximate surface area is 284 Å². The SMILES string of the molecule is COc1nc(-c2cccc(-c3cccc(-c4cnc(Cn5c(C)ccc5C)c(OC)n4)c3Cl)c2Cl)cnc1CCC[C@@H]1CCC(=O)N1. The van der Waals surface area contributed by atoms with Crippen molar-refractivity contribution in [3.05, 3.63) is 93.7 Å². The summed E-state index contributed by atoms with van der Waals surface area (Å²) in [6, 6.07) is 15.9. The van der Waals surface area contributed by atoms with Crippen LogP contribution in [0.5, 0.6) is 11.8 Å². The van der Waals surface area contributed by atoms with E-state index in [0.29, 0.717) is 63.7 Å². The van der Waals surface area contributed by atoms with Crippen LogP contribution in [0.3, 0.4) is 0 Å². The molecule has 0 aliphatic carbocycles. The van der Waals surface area contributed by atoms with Gasteiger partial charge in [0, 0.05) is 46.1 Å². The van der Waals surface area contributed by atoms with Gasteiger partial charge in [-0.3, -0.25) is 14.8 Å². The van der Waals surface area contributed by atoms with Crippen molar-refractivity contribution in [3.63, 3.8) is 0 Å². The lowest BCUT2D eigenvalue weighted by Crippen LogP contribution is -2.25. The molecular formula is C36H36Cl2N6O3. The van der Waals surface area contributed by atoms with Crippen molar-refractivity contribution in [2.24, 2.45) is 0 Å². The third kappa shape index (κ3) is 6.82. The van der Waals surface area contributed by atoms with Crippen LogP contribution in [-0.4, -0.2) is 50.7 Å². The fraction of sp³-hybridized carbons (Fsp3) is 0.306. The van der Waals surface area contributed by atoms with Crippen LogP contribution in [0.15, 0.2) is 60.9 Å². The summed E-state index contributed by atoms with van der Waals surface area (Å²) in [5.74, 6) is 1.02. The van der Waals surface area contributed by atoms with Crippen LogP contribution in [0.1, 0.15) is 48.5 Å². The number of nitrogens with zero attached hydrogens (tertiary/aromatic N) is 5. The molecule has 11 heteroatoms. The fourth-order valence-electron chi connectivity index (χ4n) is 6.04. The summed E-state index contributed by atoms with van der Waals surface area (Å²) in [5.41, 5.74) is 7.85. The number of carbonyl (C=O) groups excluding carboxylic acids is 1. The van der Waals surface area contributed by atoms with Gasteiger partial charge in [-0.1, -0.05) is 59.6 Å². The molecule has 1 amide bonds. The summed E-state index contributed by atoms with van der Waals surface area (Å²) >= 11 is 14.1. The summed E-state index contributed by atoms with van der Waals surface area (Å²) in [6.45, 7) is 4.67. The molecule has 2 aromatic carbocycles. The second-order valence-electron chi connectivity index (χ2n) is 11.7. The molecule has 5 aromatic rings. The van der Waals surface area contributed by atoms with Crippen LogP contribution in [0, 0.1) is 13.8 Å². The molecule has 4 heterocycles. The van der Waals surface area contributed by atoms with Crippen molar-refractivity contribution >= 4 is 29.1 Å². The molecule has 9 nitrogen and oxygen atoms in total. The number of ether oxygens (including phenoxy) is 2. The number of carbonyl (C=O) groups is 1. The minimum absolute atomic E-state index is 0.126. The first-order chi connectivity index (χ1) is 22.8. The Balaban J connectivity index is 1.27. The molecule has 1 aliphatic heterocycles. The average Bonchev–Trinajstić information content (AvgIpc) is 3.64. The lowest BCUT2D eigenvalue weighted by molar-refractivity contribution is -0.119. The van der Waals surface area contributed by atoms with Gasteiger partial charge >= 0.3 is 0 Å². The van der Waals surface area contributed by atoms with Gasteiger partial charge in [-0.25, -0.2) is 9.97 Å². The van der Waals surface area contributed by atoms with Crippen molar-refractivity contribution < 1.29 is 14.3 Å². The molecule has 0 unspecified atom stereocenters. The van der Waals surface area contributed by atoms with Gasteiger partial charge < -0.3 is 19.4 Å². The highest BCUT2D eigenvalue weighted by Crippen LogP contribution is 2.42. The Morgan fingerprint density at radius 3 is 1.87 bits per heavy atom. The average molecular weight is 672 g/mol. The number of hydrogen-bond donors (Lipinski definition) is 1. The summed E-state index contributed by atoms with van der Waals surface area (Å²) in [5, 5.41) is 4.00. The predicted molar refractivity (Wildman–Crippen MR) is 184 cm³/mol. The molecule has 6 rings (SSSR count). The summed E-state index contributed by atoms with van der Waals surface area (Å²) in [7, 11) is 3.18. The number of halogens is 2. The number of amides is 1. The Kier molecular flexibility index (Phi) is 9.75. The number of aromatic nitrogens is 5. The van der Waals surface area contributed by atoms with E-state index in [1.54, 1.807) is 26.6 Å². The lowest BCUT2D eigenvalue weighted by atomic mass is 9.98. The van der Waals surface area contributed by atoms with Gasteiger partial charge in [0.05, 0.1) is 54.6 Å². The molecule has 1 aliphatic rings. The Hall–Kier alpha value is -4.47. The number of rotatable bonds is 11. The molecule has 0 radical (unpaired) electrons. The topological polar surface area (TPSA) is 104 Å². The minimum Gasteiger partial charge on any atom is -0.480 e. The summed E-state index contributed by atoms with van der Waals surface area (Å²) in [4.78, 5) is 30.5. The highest BCUT2D eigenvalue weighted by Gasteiger charge is 2.22. The summed E-state index contributed by atoms with van der Waals surface area (Å²) < 4.78 is 13.5.